The molecule has 0 aliphatic carbocycles. The molecule has 1 unspecified atom stereocenters. The standard InChI is InChI=1S/C22H22ClF2N3O4S/c1-13-8-22(27-32-13)28-33(29,30)21-10-18(24)20(9-19(21)25)31-12-15-11-26-7-6-17(15)14-2-4-16(23)5-3-14/h2-5,8-10,15,17,26H,6-7,11-12H2,1H3,(H,27,28)/t15-,17?/m0/s1. The van der Waals surface area contributed by atoms with Crippen molar-refractivity contribution < 1.29 is 26.5 Å². The van der Waals surface area contributed by atoms with Crippen LogP contribution in [0.2, 0.25) is 5.02 Å². The van der Waals surface area contributed by atoms with Gasteiger partial charge in [-0.1, -0.05) is 28.9 Å². The summed E-state index contributed by atoms with van der Waals surface area (Å²) in [4.78, 5) is -0.855. The Balaban J connectivity index is 1.49. The minimum absolute atomic E-state index is 0.00266. The lowest BCUT2D eigenvalue weighted by Gasteiger charge is -2.32. The number of benzene rings is 2. The van der Waals surface area contributed by atoms with Crippen LogP contribution in [0.4, 0.5) is 14.6 Å². The molecule has 0 bridgehead atoms. The molecule has 2 aromatic carbocycles. The van der Waals surface area contributed by atoms with Crippen LogP contribution in [0.15, 0.2) is 51.9 Å². The van der Waals surface area contributed by atoms with Gasteiger partial charge in [0.15, 0.2) is 17.4 Å². The predicted molar refractivity (Wildman–Crippen MR) is 119 cm³/mol. The second-order valence-corrected chi connectivity index (χ2v) is 9.95. The Morgan fingerprint density at radius 3 is 2.67 bits per heavy atom. The highest BCUT2D eigenvalue weighted by molar-refractivity contribution is 7.92. The van der Waals surface area contributed by atoms with Crippen LogP contribution < -0.4 is 14.8 Å². The fourth-order valence-electron chi connectivity index (χ4n) is 3.88. The van der Waals surface area contributed by atoms with E-state index in [2.05, 4.69) is 15.2 Å². The van der Waals surface area contributed by atoms with Crippen LogP contribution >= 0.6 is 11.6 Å². The zero-order chi connectivity index (χ0) is 23.6. The van der Waals surface area contributed by atoms with Crippen LogP contribution in [0.3, 0.4) is 0 Å². The number of rotatable bonds is 7. The molecule has 1 fully saturated rings. The van der Waals surface area contributed by atoms with Crippen molar-refractivity contribution in [2.45, 2.75) is 24.2 Å². The number of hydrogen-bond acceptors (Lipinski definition) is 6. The quantitative estimate of drug-likeness (QED) is 0.499. The average molecular weight is 498 g/mol. The number of halogens is 3. The molecule has 2 atom stereocenters. The molecular formula is C22H22ClF2N3O4S. The number of nitrogens with one attached hydrogen (secondary N) is 2. The molecule has 7 nitrogen and oxygen atoms in total. The molecule has 0 amide bonds. The van der Waals surface area contributed by atoms with Gasteiger partial charge < -0.3 is 14.6 Å². The molecular weight excluding hydrogens is 476 g/mol. The van der Waals surface area contributed by atoms with Crippen molar-refractivity contribution in [2.24, 2.45) is 5.92 Å². The molecule has 0 spiro atoms. The van der Waals surface area contributed by atoms with E-state index < -0.39 is 26.6 Å². The molecule has 2 heterocycles. The van der Waals surface area contributed by atoms with Crippen molar-refractivity contribution in [3.05, 3.63) is 70.4 Å². The molecule has 0 radical (unpaired) electrons. The summed E-state index contributed by atoms with van der Waals surface area (Å²) in [7, 11) is -4.42. The van der Waals surface area contributed by atoms with Gasteiger partial charge in [0.05, 0.1) is 6.61 Å². The fourth-order valence-corrected chi connectivity index (χ4v) is 5.06. The topological polar surface area (TPSA) is 93.5 Å². The Morgan fingerprint density at radius 2 is 1.97 bits per heavy atom. The van der Waals surface area contributed by atoms with Gasteiger partial charge >= 0.3 is 0 Å². The minimum atomic E-state index is -4.42. The van der Waals surface area contributed by atoms with E-state index in [9.17, 15) is 17.2 Å². The first-order valence-electron chi connectivity index (χ1n) is 10.3. The summed E-state index contributed by atoms with van der Waals surface area (Å²) < 4.78 is 66.7. The van der Waals surface area contributed by atoms with Gasteiger partial charge in [0, 0.05) is 35.7 Å². The maximum absolute atomic E-state index is 14.7. The van der Waals surface area contributed by atoms with E-state index in [0.717, 1.165) is 24.6 Å². The summed E-state index contributed by atoms with van der Waals surface area (Å²) in [6, 6.07) is 10.2. The maximum atomic E-state index is 14.7. The van der Waals surface area contributed by atoms with E-state index in [1.807, 2.05) is 24.3 Å². The van der Waals surface area contributed by atoms with Crippen molar-refractivity contribution >= 4 is 27.4 Å². The Labute approximate surface area is 195 Å². The molecule has 33 heavy (non-hydrogen) atoms. The van der Waals surface area contributed by atoms with Crippen LogP contribution in [0.1, 0.15) is 23.7 Å². The highest BCUT2D eigenvalue weighted by Gasteiger charge is 2.28. The Kier molecular flexibility index (Phi) is 6.87. The first-order valence-corrected chi connectivity index (χ1v) is 12.1. The number of aryl methyl sites for hydroxylation is 1. The molecule has 2 N–H and O–H groups in total. The van der Waals surface area contributed by atoms with Crippen LogP contribution in [-0.4, -0.2) is 33.3 Å². The SMILES string of the molecule is Cc1cc(NS(=O)(=O)c2cc(F)c(OC[C@@H]3CNCCC3c3ccc(Cl)cc3)cc2F)no1. The van der Waals surface area contributed by atoms with Gasteiger partial charge in [0.1, 0.15) is 16.5 Å². The number of hydrogen-bond donors (Lipinski definition) is 2. The van der Waals surface area contributed by atoms with E-state index in [0.29, 0.717) is 23.4 Å². The summed E-state index contributed by atoms with van der Waals surface area (Å²) in [5, 5.41) is 7.42. The number of sulfonamides is 1. The Hall–Kier alpha value is -2.69. The number of piperidine rings is 1. The molecule has 1 aromatic heterocycles. The maximum Gasteiger partial charge on any atom is 0.266 e. The summed E-state index contributed by atoms with van der Waals surface area (Å²) in [5.74, 6) is -2.10. The monoisotopic (exact) mass is 497 g/mol. The Bertz CT molecular complexity index is 1230. The molecule has 1 aliphatic heterocycles. The summed E-state index contributed by atoms with van der Waals surface area (Å²) in [6.07, 6.45) is 0.858. The van der Waals surface area contributed by atoms with Gasteiger partial charge in [0.25, 0.3) is 10.0 Å². The number of ether oxygens (including phenoxy) is 1. The zero-order valence-electron chi connectivity index (χ0n) is 17.6. The molecule has 11 heteroatoms. The van der Waals surface area contributed by atoms with Gasteiger partial charge in [-0.15, -0.1) is 0 Å². The number of nitrogens with zero attached hydrogens (tertiary/aromatic N) is 1. The molecule has 3 aromatic rings. The van der Waals surface area contributed by atoms with E-state index in [1.54, 1.807) is 6.92 Å². The van der Waals surface area contributed by atoms with Crippen molar-refractivity contribution in [3.8, 4) is 5.75 Å². The molecule has 1 aliphatic rings. The fraction of sp³-hybridized carbons (Fsp3) is 0.318. The lowest BCUT2D eigenvalue weighted by molar-refractivity contribution is 0.190. The second-order valence-electron chi connectivity index (χ2n) is 7.86. The molecule has 1 saturated heterocycles. The van der Waals surface area contributed by atoms with Crippen molar-refractivity contribution in [3.63, 3.8) is 0 Å². The number of anilines is 1. The highest BCUT2D eigenvalue weighted by Crippen LogP contribution is 2.33. The highest BCUT2D eigenvalue weighted by atomic mass is 35.5. The lowest BCUT2D eigenvalue weighted by Crippen LogP contribution is -2.38. The van der Waals surface area contributed by atoms with Crippen LogP contribution in [-0.2, 0) is 10.0 Å². The van der Waals surface area contributed by atoms with E-state index in [1.165, 1.54) is 6.07 Å². The Morgan fingerprint density at radius 1 is 1.21 bits per heavy atom. The average Bonchev–Trinajstić information content (AvgIpc) is 3.18. The molecule has 176 valence electrons. The third-order valence-electron chi connectivity index (χ3n) is 5.50. The molecule has 0 saturated carbocycles. The van der Waals surface area contributed by atoms with Crippen LogP contribution in [0.5, 0.6) is 5.75 Å². The number of aromatic nitrogens is 1. The van der Waals surface area contributed by atoms with Gasteiger partial charge in [0.2, 0.25) is 0 Å². The third kappa shape index (κ3) is 5.45. The lowest BCUT2D eigenvalue weighted by atomic mass is 9.81. The van der Waals surface area contributed by atoms with Gasteiger partial charge in [-0.25, -0.2) is 17.2 Å². The third-order valence-corrected chi connectivity index (χ3v) is 7.12. The van der Waals surface area contributed by atoms with Crippen LogP contribution in [0.25, 0.3) is 0 Å². The van der Waals surface area contributed by atoms with Crippen molar-refractivity contribution in [1.29, 1.82) is 0 Å². The van der Waals surface area contributed by atoms with E-state index in [-0.39, 0.29) is 30.0 Å². The van der Waals surface area contributed by atoms with Gasteiger partial charge in [-0.2, -0.15) is 0 Å². The van der Waals surface area contributed by atoms with Crippen molar-refractivity contribution in [2.75, 3.05) is 24.4 Å². The predicted octanol–water partition coefficient (Wildman–Crippen LogP) is 4.49. The zero-order valence-corrected chi connectivity index (χ0v) is 19.2. The minimum Gasteiger partial charge on any atom is -0.490 e. The van der Waals surface area contributed by atoms with E-state index >= 15 is 0 Å². The van der Waals surface area contributed by atoms with Gasteiger partial charge in [-0.3, -0.25) is 4.72 Å². The summed E-state index contributed by atoms with van der Waals surface area (Å²) >= 11 is 5.98. The van der Waals surface area contributed by atoms with Gasteiger partial charge in [-0.05, 0) is 43.5 Å². The largest absolute Gasteiger partial charge is 0.490 e. The normalized spacial score (nSPS) is 18.8. The summed E-state index contributed by atoms with van der Waals surface area (Å²) in [5.41, 5.74) is 1.09. The first-order chi connectivity index (χ1) is 15.7. The second kappa shape index (κ2) is 9.66. The smallest absolute Gasteiger partial charge is 0.266 e. The van der Waals surface area contributed by atoms with E-state index in [4.69, 9.17) is 20.9 Å². The first kappa shape index (κ1) is 23.5. The summed E-state index contributed by atoms with van der Waals surface area (Å²) in [6.45, 7) is 3.16. The van der Waals surface area contributed by atoms with Crippen molar-refractivity contribution in [1.82, 2.24) is 10.5 Å². The molecule has 4 rings (SSSR count). The van der Waals surface area contributed by atoms with Crippen LogP contribution in [0, 0.1) is 24.5 Å².